The zero-order valence-electron chi connectivity index (χ0n) is 9.21. The number of nitrogens with two attached hydrogens (primary N) is 1. The summed E-state index contributed by atoms with van der Waals surface area (Å²) in [6, 6.07) is 6.55. The van der Waals surface area contributed by atoms with Crippen LogP contribution in [0.2, 0.25) is 0 Å². The van der Waals surface area contributed by atoms with E-state index < -0.39 is 10.0 Å². The first kappa shape index (κ1) is 12.6. The molecule has 0 amide bonds. The van der Waals surface area contributed by atoms with Crippen molar-refractivity contribution in [2.75, 3.05) is 0 Å². The van der Waals surface area contributed by atoms with Crippen molar-refractivity contribution in [2.45, 2.75) is 18.7 Å². The van der Waals surface area contributed by atoms with Crippen molar-refractivity contribution in [2.24, 2.45) is 5.14 Å². The lowest BCUT2D eigenvalue weighted by Crippen LogP contribution is -2.12. The van der Waals surface area contributed by atoms with Crippen molar-refractivity contribution in [3.63, 3.8) is 0 Å². The normalized spacial score (nSPS) is 10.7. The van der Waals surface area contributed by atoms with Gasteiger partial charge in [0.2, 0.25) is 10.0 Å². The van der Waals surface area contributed by atoms with Crippen LogP contribution in [0.5, 0.6) is 0 Å². The summed E-state index contributed by atoms with van der Waals surface area (Å²) in [7, 11) is -3.66. The van der Waals surface area contributed by atoms with E-state index in [4.69, 9.17) is 5.14 Å². The van der Waals surface area contributed by atoms with E-state index in [-0.39, 0.29) is 4.90 Å². The van der Waals surface area contributed by atoms with E-state index >= 15 is 0 Å². The molecule has 2 aromatic rings. The maximum absolute atomic E-state index is 11.2. The van der Waals surface area contributed by atoms with Gasteiger partial charge in [-0.25, -0.2) is 13.6 Å². The van der Waals surface area contributed by atoms with Crippen LogP contribution in [0.1, 0.15) is 13.8 Å². The van der Waals surface area contributed by atoms with Gasteiger partial charge in [0.1, 0.15) is 0 Å². The van der Waals surface area contributed by atoms with Crippen molar-refractivity contribution in [1.82, 2.24) is 4.98 Å². The smallest absolute Gasteiger partial charge is 0.238 e. The van der Waals surface area contributed by atoms with Gasteiger partial charge in [-0.3, -0.25) is 4.98 Å². The molecule has 2 N–H and O–H groups in total. The number of benzene rings is 1. The molecule has 1 heterocycles. The number of aromatic nitrogens is 1. The zero-order valence-corrected chi connectivity index (χ0v) is 10.0. The fourth-order valence-electron chi connectivity index (χ4n) is 1.34. The highest BCUT2D eigenvalue weighted by molar-refractivity contribution is 7.89. The number of pyridine rings is 1. The highest BCUT2D eigenvalue weighted by Crippen LogP contribution is 2.20. The molecule has 0 saturated carbocycles. The highest BCUT2D eigenvalue weighted by Gasteiger charge is 2.10. The first-order chi connectivity index (χ1) is 7.59. The standard InChI is InChI=1S/C9H8N2O2S.C2H6/c10-14(12,13)9-3-1-2-7-6-11-5-4-8(7)9;1-2/h1-6H,(H2,10,12,13);1-2H3. The van der Waals surface area contributed by atoms with Crippen LogP contribution in [0, 0.1) is 0 Å². The summed E-state index contributed by atoms with van der Waals surface area (Å²) >= 11 is 0. The second-order valence-electron chi connectivity index (χ2n) is 2.90. The van der Waals surface area contributed by atoms with E-state index in [1.807, 2.05) is 13.8 Å². The van der Waals surface area contributed by atoms with Gasteiger partial charge in [0.15, 0.2) is 0 Å². The lowest BCUT2D eigenvalue weighted by molar-refractivity contribution is 0.598. The summed E-state index contributed by atoms with van der Waals surface area (Å²) in [6.07, 6.45) is 3.14. The Morgan fingerprint density at radius 3 is 2.50 bits per heavy atom. The lowest BCUT2D eigenvalue weighted by atomic mass is 10.2. The van der Waals surface area contributed by atoms with Crippen molar-refractivity contribution in [1.29, 1.82) is 0 Å². The van der Waals surface area contributed by atoms with Crippen LogP contribution in [0.25, 0.3) is 10.8 Å². The predicted octanol–water partition coefficient (Wildman–Crippen LogP) is 1.91. The van der Waals surface area contributed by atoms with E-state index in [1.165, 1.54) is 12.3 Å². The Morgan fingerprint density at radius 1 is 1.19 bits per heavy atom. The van der Waals surface area contributed by atoms with Gasteiger partial charge in [0.05, 0.1) is 4.90 Å². The van der Waals surface area contributed by atoms with Gasteiger partial charge in [0.25, 0.3) is 0 Å². The quantitative estimate of drug-likeness (QED) is 0.824. The van der Waals surface area contributed by atoms with Crippen LogP contribution in [-0.4, -0.2) is 13.4 Å². The number of fused-ring (bicyclic) bond motifs is 1. The molecule has 2 rings (SSSR count). The first-order valence-corrected chi connectivity index (χ1v) is 6.49. The number of hydrogen-bond donors (Lipinski definition) is 1. The molecule has 0 unspecified atom stereocenters. The van der Waals surface area contributed by atoms with Crippen LogP contribution in [0.4, 0.5) is 0 Å². The molecule has 86 valence electrons. The fourth-order valence-corrected chi connectivity index (χ4v) is 2.10. The van der Waals surface area contributed by atoms with Crippen LogP contribution < -0.4 is 5.14 Å². The zero-order chi connectivity index (χ0) is 12.2. The number of sulfonamides is 1. The molecule has 1 aromatic carbocycles. The molecule has 16 heavy (non-hydrogen) atoms. The maximum Gasteiger partial charge on any atom is 0.238 e. The molecule has 0 atom stereocenters. The molecule has 1 aromatic heterocycles. The van der Waals surface area contributed by atoms with E-state index in [0.717, 1.165) is 5.39 Å². The molecule has 5 heteroatoms. The summed E-state index contributed by atoms with van der Waals surface area (Å²) in [4.78, 5) is 4.04. The fraction of sp³-hybridized carbons (Fsp3) is 0.182. The van der Waals surface area contributed by atoms with Crippen molar-refractivity contribution in [3.05, 3.63) is 36.7 Å². The number of rotatable bonds is 1. The topological polar surface area (TPSA) is 73.1 Å². The van der Waals surface area contributed by atoms with Gasteiger partial charge in [-0.1, -0.05) is 26.0 Å². The molecule has 0 fully saturated rings. The third-order valence-electron chi connectivity index (χ3n) is 1.95. The Balaban J connectivity index is 0.000000606. The molecule has 0 bridgehead atoms. The Labute approximate surface area is 95.2 Å². The van der Waals surface area contributed by atoms with Gasteiger partial charge < -0.3 is 0 Å². The number of nitrogens with zero attached hydrogens (tertiary/aromatic N) is 1. The van der Waals surface area contributed by atoms with Crippen LogP contribution in [0.15, 0.2) is 41.6 Å². The van der Waals surface area contributed by atoms with Gasteiger partial charge in [-0.2, -0.15) is 0 Å². The first-order valence-electron chi connectivity index (χ1n) is 4.94. The Kier molecular flexibility index (Phi) is 3.98. The monoisotopic (exact) mass is 238 g/mol. The Morgan fingerprint density at radius 2 is 1.88 bits per heavy atom. The molecule has 0 radical (unpaired) electrons. The third-order valence-corrected chi connectivity index (χ3v) is 2.92. The van der Waals surface area contributed by atoms with Gasteiger partial charge >= 0.3 is 0 Å². The van der Waals surface area contributed by atoms with Crippen molar-refractivity contribution < 1.29 is 8.42 Å². The van der Waals surface area contributed by atoms with Gasteiger partial charge in [-0.05, 0) is 12.1 Å². The van der Waals surface area contributed by atoms with Crippen LogP contribution in [-0.2, 0) is 10.0 Å². The van der Waals surface area contributed by atoms with E-state index in [1.54, 1.807) is 24.4 Å². The number of hydrogen-bond acceptors (Lipinski definition) is 3. The van der Waals surface area contributed by atoms with E-state index in [2.05, 4.69) is 4.98 Å². The summed E-state index contributed by atoms with van der Waals surface area (Å²) in [5, 5.41) is 6.44. The summed E-state index contributed by atoms with van der Waals surface area (Å²) < 4.78 is 22.4. The maximum atomic E-state index is 11.2. The van der Waals surface area contributed by atoms with Gasteiger partial charge in [-0.15, -0.1) is 0 Å². The summed E-state index contributed by atoms with van der Waals surface area (Å²) in [5.41, 5.74) is 0. The molecule has 0 aliphatic heterocycles. The van der Waals surface area contributed by atoms with Gasteiger partial charge in [0, 0.05) is 23.2 Å². The van der Waals surface area contributed by atoms with Crippen molar-refractivity contribution >= 4 is 20.8 Å². The van der Waals surface area contributed by atoms with Crippen molar-refractivity contribution in [3.8, 4) is 0 Å². The lowest BCUT2D eigenvalue weighted by Gasteiger charge is -2.02. The predicted molar refractivity (Wildman–Crippen MR) is 64.5 cm³/mol. The minimum absolute atomic E-state index is 0.136. The largest absolute Gasteiger partial charge is 0.264 e. The Bertz CT molecular complexity index is 574. The van der Waals surface area contributed by atoms with Crippen LogP contribution in [0.3, 0.4) is 0 Å². The molecule has 0 aliphatic rings. The summed E-state index contributed by atoms with van der Waals surface area (Å²) in [6.45, 7) is 4.00. The molecular weight excluding hydrogens is 224 g/mol. The van der Waals surface area contributed by atoms with E-state index in [0.29, 0.717) is 5.39 Å². The van der Waals surface area contributed by atoms with E-state index in [9.17, 15) is 8.42 Å². The number of primary sulfonamides is 1. The summed E-state index contributed by atoms with van der Waals surface area (Å²) in [5.74, 6) is 0. The molecular formula is C11H14N2O2S. The SMILES string of the molecule is CC.NS(=O)(=O)c1cccc2cnccc12. The minimum atomic E-state index is -3.66. The second kappa shape index (κ2) is 5.05. The van der Waals surface area contributed by atoms with Crippen LogP contribution >= 0.6 is 0 Å². The average molecular weight is 238 g/mol. The molecule has 0 saturated heterocycles. The molecule has 0 spiro atoms. The minimum Gasteiger partial charge on any atom is -0.264 e. The average Bonchev–Trinajstić information content (AvgIpc) is 2.30. The second-order valence-corrected chi connectivity index (χ2v) is 4.43. The molecule has 0 aliphatic carbocycles. The highest BCUT2D eigenvalue weighted by atomic mass is 32.2. The molecule has 4 nitrogen and oxygen atoms in total. The third kappa shape index (κ3) is 2.56. The Hall–Kier alpha value is -1.46.